The molecule has 1 saturated heterocycles. The molecule has 4 aromatic rings. The normalized spacial score (nSPS) is 18.3. The number of rotatable bonds is 9. The highest BCUT2D eigenvalue weighted by molar-refractivity contribution is 5.74. The van der Waals surface area contributed by atoms with E-state index < -0.39 is 29.7 Å². The smallest absolute Gasteiger partial charge is 0.416 e. The van der Waals surface area contributed by atoms with E-state index in [1.807, 2.05) is 30.3 Å². The molecule has 5 rings (SSSR count). The van der Waals surface area contributed by atoms with Crippen molar-refractivity contribution >= 4 is 23.7 Å². The van der Waals surface area contributed by atoms with Gasteiger partial charge in [0.05, 0.1) is 42.7 Å². The molecule has 0 unspecified atom stereocenters. The van der Waals surface area contributed by atoms with Gasteiger partial charge in [-0.2, -0.15) is 23.3 Å². The molecule has 0 radical (unpaired) electrons. The van der Waals surface area contributed by atoms with E-state index in [1.165, 1.54) is 10.7 Å². The molecule has 2 aromatic heterocycles. The number of nitrogens with one attached hydrogen (secondary N) is 1. The average molecular weight is 608 g/mol. The maximum Gasteiger partial charge on any atom is 0.416 e. The van der Waals surface area contributed by atoms with Crippen LogP contribution in [0, 0.1) is 0 Å². The third-order valence-corrected chi connectivity index (χ3v) is 6.72. The van der Waals surface area contributed by atoms with Gasteiger partial charge in [-0.25, -0.2) is 9.67 Å². The lowest BCUT2D eigenvalue weighted by Crippen LogP contribution is -2.44. The molecule has 1 N–H and O–H groups in total. The minimum absolute atomic E-state index is 0.0749. The predicted octanol–water partition coefficient (Wildman–Crippen LogP) is 6.97. The standard InChI is InChI=1S/C32H32F3N5O4/c1-4-42-28(41)19-26-18-25(43-31(2,3)44-26)14-13-22-20-37-40(29(22)21-9-8-10-23(17-21)32(33,34)35)27-15-16-36-30(39-27)38-24-11-6-5-7-12-24/h5-17,20,25-26H,4,18-19H2,1-3H3,(H,36,38,39)/t25-,26-/m1/s1. The molecule has 12 heteroatoms. The van der Waals surface area contributed by atoms with E-state index in [2.05, 4.69) is 20.4 Å². The Labute approximate surface area is 252 Å². The van der Waals surface area contributed by atoms with Crippen LogP contribution in [0.4, 0.5) is 24.8 Å². The zero-order valence-corrected chi connectivity index (χ0v) is 24.4. The van der Waals surface area contributed by atoms with Gasteiger partial charge in [0.25, 0.3) is 0 Å². The lowest BCUT2D eigenvalue weighted by atomic mass is 10.0. The summed E-state index contributed by atoms with van der Waals surface area (Å²) in [5, 5.41) is 7.63. The number of hydrogen-bond donors (Lipinski definition) is 1. The maximum absolute atomic E-state index is 13.7. The molecule has 1 fully saturated rings. The van der Waals surface area contributed by atoms with Crippen LogP contribution in [0.1, 0.15) is 44.7 Å². The summed E-state index contributed by atoms with van der Waals surface area (Å²) in [7, 11) is 0. The fourth-order valence-electron chi connectivity index (χ4n) is 4.98. The van der Waals surface area contributed by atoms with E-state index in [9.17, 15) is 18.0 Å². The molecule has 1 aliphatic rings. The number of anilines is 2. The van der Waals surface area contributed by atoms with Crippen molar-refractivity contribution in [3.8, 4) is 17.1 Å². The van der Waals surface area contributed by atoms with Crippen LogP contribution in [0.5, 0.6) is 0 Å². The van der Waals surface area contributed by atoms with Gasteiger partial charge in [0.1, 0.15) is 0 Å². The van der Waals surface area contributed by atoms with E-state index in [0.29, 0.717) is 35.0 Å². The monoisotopic (exact) mass is 607 g/mol. The Morgan fingerprint density at radius 2 is 1.93 bits per heavy atom. The number of halogens is 3. The summed E-state index contributed by atoms with van der Waals surface area (Å²) in [6, 6.07) is 16.0. The van der Waals surface area contributed by atoms with Crippen molar-refractivity contribution < 1.29 is 32.2 Å². The SMILES string of the molecule is CCOC(=O)C[C@H]1C[C@@H](C=Cc2cnn(-c3ccnc(Nc4ccccc4)n3)c2-c2cccc(C(F)(F)F)c2)OC(C)(C)O1. The third kappa shape index (κ3) is 7.69. The van der Waals surface area contributed by atoms with Gasteiger partial charge in [-0.15, -0.1) is 0 Å². The van der Waals surface area contributed by atoms with Crippen molar-refractivity contribution in [2.45, 2.75) is 57.8 Å². The first-order valence-electron chi connectivity index (χ1n) is 14.1. The van der Waals surface area contributed by atoms with Crippen molar-refractivity contribution in [2.24, 2.45) is 0 Å². The Balaban J connectivity index is 1.50. The first-order chi connectivity index (χ1) is 21.0. The topological polar surface area (TPSA) is 100 Å². The van der Waals surface area contributed by atoms with Gasteiger partial charge in [0.2, 0.25) is 5.95 Å². The first-order valence-corrected chi connectivity index (χ1v) is 14.1. The number of carbonyl (C=O) groups excluding carboxylic acids is 1. The molecule has 0 spiro atoms. The van der Waals surface area contributed by atoms with Gasteiger partial charge in [-0.1, -0.05) is 42.5 Å². The van der Waals surface area contributed by atoms with Gasteiger partial charge in [0.15, 0.2) is 11.6 Å². The molecular weight excluding hydrogens is 575 g/mol. The molecule has 0 amide bonds. The molecule has 2 aromatic carbocycles. The molecule has 0 aliphatic carbocycles. The lowest BCUT2D eigenvalue weighted by Gasteiger charge is -2.39. The van der Waals surface area contributed by atoms with Gasteiger partial charge < -0.3 is 19.5 Å². The largest absolute Gasteiger partial charge is 0.466 e. The summed E-state index contributed by atoms with van der Waals surface area (Å²) < 4.78 is 59.7. The summed E-state index contributed by atoms with van der Waals surface area (Å²) in [5.41, 5.74) is 1.21. The summed E-state index contributed by atoms with van der Waals surface area (Å²) in [6.07, 6.45) is 1.68. The Hall–Kier alpha value is -4.55. The predicted molar refractivity (Wildman–Crippen MR) is 158 cm³/mol. The second kappa shape index (κ2) is 13.0. The Morgan fingerprint density at radius 1 is 1.14 bits per heavy atom. The van der Waals surface area contributed by atoms with Crippen LogP contribution in [-0.2, 0) is 25.2 Å². The fraction of sp³-hybridized carbons (Fsp3) is 0.312. The molecule has 44 heavy (non-hydrogen) atoms. The van der Waals surface area contributed by atoms with E-state index in [1.54, 1.807) is 57.4 Å². The van der Waals surface area contributed by atoms with Gasteiger partial charge in [-0.05, 0) is 45.0 Å². The van der Waals surface area contributed by atoms with E-state index in [-0.39, 0.29) is 19.0 Å². The van der Waals surface area contributed by atoms with E-state index in [4.69, 9.17) is 14.2 Å². The molecule has 2 atom stereocenters. The molecule has 0 bridgehead atoms. The van der Waals surface area contributed by atoms with Crippen LogP contribution in [0.2, 0.25) is 0 Å². The summed E-state index contributed by atoms with van der Waals surface area (Å²) in [4.78, 5) is 21.0. The Morgan fingerprint density at radius 3 is 2.68 bits per heavy atom. The molecule has 0 saturated carbocycles. The van der Waals surface area contributed by atoms with Gasteiger partial charge >= 0.3 is 12.1 Å². The quantitative estimate of drug-likeness (QED) is 0.204. The summed E-state index contributed by atoms with van der Waals surface area (Å²) in [6.45, 7) is 5.52. The van der Waals surface area contributed by atoms with Crippen molar-refractivity contribution in [2.75, 3.05) is 11.9 Å². The fourth-order valence-corrected chi connectivity index (χ4v) is 4.98. The Bertz CT molecular complexity index is 1620. The number of esters is 1. The highest BCUT2D eigenvalue weighted by atomic mass is 19.4. The number of para-hydroxylation sites is 1. The zero-order chi connectivity index (χ0) is 31.3. The van der Waals surface area contributed by atoms with E-state index in [0.717, 1.165) is 17.8 Å². The number of nitrogens with zero attached hydrogens (tertiary/aromatic N) is 4. The first kappa shape index (κ1) is 30.9. The van der Waals surface area contributed by atoms with Crippen molar-refractivity contribution in [1.82, 2.24) is 19.7 Å². The van der Waals surface area contributed by atoms with Gasteiger partial charge in [-0.3, -0.25) is 4.79 Å². The number of benzene rings is 2. The zero-order valence-electron chi connectivity index (χ0n) is 24.4. The average Bonchev–Trinajstić information content (AvgIpc) is 3.40. The summed E-state index contributed by atoms with van der Waals surface area (Å²) in [5.74, 6) is -0.691. The number of ether oxygens (including phenoxy) is 3. The maximum atomic E-state index is 13.7. The van der Waals surface area contributed by atoms with Crippen LogP contribution < -0.4 is 5.32 Å². The minimum Gasteiger partial charge on any atom is -0.466 e. The number of alkyl halides is 3. The van der Waals surface area contributed by atoms with Crippen molar-refractivity contribution in [3.63, 3.8) is 0 Å². The number of hydrogen-bond acceptors (Lipinski definition) is 8. The highest BCUT2D eigenvalue weighted by Crippen LogP contribution is 2.35. The molecule has 230 valence electrons. The Kier molecular flexibility index (Phi) is 9.12. The van der Waals surface area contributed by atoms with Crippen LogP contribution in [-0.4, -0.2) is 50.3 Å². The van der Waals surface area contributed by atoms with E-state index >= 15 is 0 Å². The molecule has 9 nitrogen and oxygen atoms in total. The number of aromatic nitrogens is 4. The second-order valence-corrected chi connectivity index (χ2v) is 10.6. The second-order valence-electron chi connectivity index (χ2n) is 10.6. The van der Waals surface area contributed by atoms with Crippen LogP contribution >= 0.6 is 0 Å². The van der Waals surface area contributed by atoms with Crippen molar-refractivity contribution in [3.05, 3.63) is 90.3 Å². The molecule has 3 heterocycles. The molecule has 1 aliphatic heterocycles. The lowest BCUT2D eigenvalue weighted by molar-refractivity contribution is -0.290. The van der Waals surface area contributed by atoms with Crippen molar-refractivity contribution in [1.29, 1.82) is 0 Å². The summed E-state index contributed by atoms with van der Waals surface area (Å²) >= 11 is 0. The highest BCUT2D eigenvalue weighted by Gasteiger charge is 2.36. The van der Waals surface area contributed by atoms with Crippen LogP contribution in [0.25, 0.3) is 23.2 Å². The number of carbonyl (C=O) groups is 1. The van der Waals surface area contributed by atoms with Crippen LogP contribution in [0.15, 0.2) is 79.1 Å². The molecular formula is C32H32F3N5O4. The third-order valence-electron chi connectivity index (χ3n) is 6.72. The van der Waals surface area contributed by atoms with Gasteiger partial charge in [0, 0.05) is 35.5 Å². The van der Waals surface area contributed by atoms with Crippen LogP contribution in [0.3, 0.4) is 0 Å². The minimum atomic E-state index is -4.53.